The van der Waals surface area contributed by atoms with E-state index in [0.29, 0.717) is 49.6 Å². The highest BCUT2D eigenvalue weighted by Crippen LogP contribution is 2.42. The van der Waals surface area contributed by atoms with Crippen molar-refractivity contribution in [1.82, 2.24) is 15.1 Å². The number of nitrogens with one attached hydrogen (secondary N) is 1. The predicted octanol–water partition coefficient (Wildman–Crippen LogP) is 3.70. The van der Waals surface area contributed by atoms with Crippen LogP contribution in [0.25, 0.3) is 5.69 Å². The van der Waals surface area contributed by atoms with Gasteiger partial charge in [-0.2, -0.15) is 5.10 Å². The molecule has 1 amide bonds. The van der Waals surface area contributed by atoms with Crippen molar-refractivity contribution >= 4 is 17.4 Å². The summed E-state index contributed by atoms with van der Waals surface area (Å²) in [4.78, 5) is 37.4. The zero-order chi connectivity index (χ0) is 24.7. The maximum Gasteiger partial charge on any atom is 0.295 e. The van der Waals surface area contributed by atoms with Crippen molar-refractivity contribution in [1.29, 1.82) is 0 Å². The first-order valence-corrected chi connectivity index (χ1v) is 12.2. The van der Waals surface area contributed by atoms with E-state index < -0.39 is 10.8 Å². The Bertz CT molecular complexity index is 1170. The van der Waals surface area contributed by atoms with E-state index in [4.69, 9.17) is 14.6 Å². The molecule has 3 heterocycles. The molecule has 0 saturated carbocycles. The number of nitro benzene ring substituents is 1. The van der Waals surface area contributed by atoms with Crippen LogP contribution in [0.4, 0.5) is 5.69 Å². The summed E-state index contributed by atoms with van der Waals surface area (Å²) in [6, 6.07) is 4.37. The monoisotopic (exact) mass is 482 g/mol. The minimum Gasteiger partial charge on any atom is -0.376 e. The highest BCUT2D eigenvalue weighted by molar-refractivity contribution is 6.00. The van der Waals surface area contributed by atoms with Gasteiger partial charge in [0, 0.05) is 37.8 Å². The number of carbonyl (C=O) groups excluding carboxylic acids is 2. The number of Topliss-reactive ketones (excluding diaryl/α,β-unsaturated/α-hetero) is 1. The summed E-state index contributed by atoms with van der Waals surface area (Å²) in [6.45, 7) is 5.66. The fourth-order valence-electron chi connectivity index (χ4n) is 5.30. The third kappa shape index (κ3) is 4.60. The van der Waals surface area contributed by atoms with Crippen molar-refractivity contribution in [2.45, 2.75) is 64.6 Å². The van der Waals surface area contributed by atoms with E-state index in [9.17, 15) is 19.7 Å². The minimum absolute atomic E-state index is 0.0132. The number of fused-ring (bicyclic) bond motifs is 1. The molecule has 5 rings (SSSR count). The van der Waals surface area contributed by atoms with Crippen molar-refractivity contribution in [3.8, 4) is 5.69 Å². The van der Waals surface area contributed by atoms with Gasteiger partial charge in [0.25, 0.3) is 11.6 Å². The summed E-state index contributed by atoms with van der Waals surface area (Å²) in [6.07, 6.45) is 4.09. The van der Waals surface area contributed by atoms with Crippen LogP contribution in [0.1, 0.15) is 84.2 Å². The van der Waals surface area contributed by atoms with E-state index >= 15 is 0 Å². The first kappa shape index (κ1) is 23.6. The highest BCUT2D eigenvalue weighted by Gasteiger charge is 2.40. The molecular weight excluding hydrogens is 452 g/mol. The molecule has 2 saturated heterocycles. The van der Waals surface area contributed by atoms with Gasteiger partial charge in [-0.05, 0) is 49.7 Å². The molecule has 10 nitrogen and oxygen atoms in total. The number of carbonyl (C=O) groups is 2. The van der Waals surface area contributed by atoms with Gasteiger partial charge in [0.1, 0.15) is 17.5 Å². The van der Waals surface area contributed by atoms with Gasteiger partial charge in [0.15, 0.2) is 5.78 Å². The van der Waals surface area contributed by atoms with Gasteiger partial charge in [-0.1, -0.05) is 13.8 Å². The third-order valence-corrected chi connectivity index (χ3v) is 6.98. The molecule has 1 aliphatic carbocycles. The molecule has 35 heavy (non-hydrogen) atoms. The number of rotatable bonds is 6. The highest BCUT2D eigenvalue weighted by atomic mass is 16.6. The van der Waals surface area contributed by atoms with Crippen LogP contribution in [-0.2, 0) is 15.9 Å². The van der Waals surface area contributed by atoms with Crippen LogP contribution in [-0.4, -0.2) is 52.3 Å². The zero-order valence-corrected chi connectivity index (χ0v) is 20.0. The second-order valence-electron chi connectivity index (χ2n) is 10.4. The summed E-state index contributed by atoms with van der Waals surface area (Å²) < 4.78 is 12.9. The van der Waals surface area contributed by atoms with E-state index in [-0.39, 0.29) is 40.3 Å². The van der Waals surface area contributed by atoms with Crippen LogP contribution in [0.15, 0.2) is 18.2 Å². The van der Waals surface area contributed by atoms with Gasteiger partial charge in [0.05, 0.1) is 22.3 Å². The van der Waals surface area contributed by atoms with E-state index in [1.165, 1.54) is 16.8 Å². The average molecular weight is 483 g/mol. The summed E-state index contributed by atoms with van der Waals surface area (Å²) >= 11 is 0. The van der Waals surface area contributed by atoms with Gasteiger partial charge in [-0.15, -0.1) is 0 Å². The maximum absolute atomic E-state index is 13.2. The Balaban J connectivity index is 1.53. The lowest BCUT2D eigenvalue weighted by molar-refractivity contribution is -0.384. The number of ether oxygens (including phenoxy) is 2. The standard InChI is InChI=1S/C25H30N4O6/c1-25(2)12-19-22(20(30)13-25)23(21-6-4-10-35-21)27-28(19)17-8-7-15(11-18(17)29(32)33)24(31)26-14-16-5-3-9-34-16/h7-8,11,16,21H,3-6,9-10,12-14H2,1-2H3,(H,26,31). The van der Waals surface area contributed by atoms with Crippen molar-refractivity contribution in [2.75, 3.05) is 19.8 Å². The summed E-state index contributed by atoms with van der Waals surface area (Å²) in [5.74, 6) is -0.408. The lowest BCUT2D eigenvalue weighted by atomic mass is 9.75. The molecule has 0 radical (unpaired) electrons. The van der Waals surface area contributed by atoms with E-state index in [1.54, 1.807) is 6.07 Å². The van der Waals surface area contributed by atoms with Crippen LogP contribution in [0, 0.1) is 15.5 Å². The minimum atomic E-state index is -0.512. The smallest absolute Gasteiger partial charge is 0.295 e. The van der Waals surface area contributed by atoms with Crippen LogP contribution >= 0.6 is 0 Å². The average Bonchev–Trinajstić information content (AvgIpc) is 3.57. The molecule has 2 atom stereocenters. The number of ketones is 1. The second-order valence-corrected chi connectivity index (χ2v) is 10.4. The number of hydrogen-bond donors (Lipinski definition) is 1. The molecule has 0 bridgehead atoms. The number of benzene rings is 1. The Morgan fingerprint density at radius 1 is 1.23 bits per heavy atom. The molecule has 3 aliphatic rings. The maximum atomic E-state index is 13.2. The molecule has 1 aromatic heterocycles. The van der Waals surface area contributed by atoms with Gasteiger partial charge in [-0.25, -0.2) is 4.68 Å². The summed E-state index contributed by atoms with van der Waals surface area (Å²) in [5, 5.41) is 19.6. The van der Waals surface area contributed by atoms with Crippen LogP contribution in [0.5, 0.6) is 0 Å². The second kappa shape index (κ2) is 9.16. The molecule has 1 aromatic carbocycles. The molecule has 2 aromatic rings. The first-order valence-electron chi connectivity index (χ1n) is 12.2. The molecule has 10 heteroatoms. The Labute approximate surface area is 203 Å². The van der Waals surface area contributed by atoms with E-state index in [1.807, 2.05) is 13.8 Å². The Morgan fingerprint density at radius 3 is 2.69 bits per heavy atom. The quantitative estimate of drug-likeness (QED) is 0.491. The topological polar surface area (TPSA) is 126 Å². The number of aromatic nitrogens is 2. The van der Waals surface area contributed by atoms with Gasteiger partial charge in [0.2, 0.25) is 0 Å². The van der Waals surface area contributed by atoms with Gasteiger partial charge >= 0.3 is 0 Å². The van der Waals surface area contributed by atoms with Gasteiger partial charge < -0.3 is 14.8 Å². The van der Waals surface area contributed by atoms with Crippen LogP contribution in [0.3, 0.4) is 0 Å². The molecule has 2 fully saturated rings. The van der Waals surface area contributed by atoms with Crippen molar-refractivity contribution in [2.24, 2.45) is 5.41 Å². The van der Waals surface area contributed by atoms with Gasteiger partial charge in [-0.3, -0.25) is 19.7 Å². The molecule has 2 unspecified atom stereocenters. The molecular formula is C25H30N4O6. The predicted molar refractivity (Wildman–Crippen MR) is 126 cm³/mol. The van der Waals surface area contributed by atoms with Crippen molar-refractivity contribution < 1.29 is 24.0 Å². The number of nitrogens with zero attached hydrogens (tertiary/aromatic N) is 3. The Kier molecular flexibility index (Phi) is 6.18. The van der Waals surface area contributed by atoms with E-state index in [0.717, 1.165) is 25.7 Å². The molecule has 2 aliphatic heterocycles. The summed E-state index contributed by atoms with van der Waals surface area (Å²) in [7, 11) is 0. The van der Waals surface area contributed by atoms with E-state index in [2.05, 4.69) is 5.32 Å². The Hall–Kier alpha value is -3.11. The fraction of sp³-hybridized carbons (Fsp3) is 0.560. The summed E-state index contributed by atoms with van der Waals surface area (Å²) in [5.41, 5.74) is 1.64. The Morgan fingerprint density at radius 2 is 2.00 bits per heavy atom. The number of hydrogen-bond acceptors (Lipinski definition) is 7. The number of amides is 1. The normalized spacial score (nSPS) is 23.3. The SMILES string of the molecule is CC1(C)CC(=O)c2c(C3CCCO3)nn(-c3ccc(C(=O)NCC4CCCO4)cc3[N+](=O)[O-])c2C1. The lowest BCUT2D eigenvalue weighted by Crippen LogP contribution is -2.31. The largest absolute Gasteiger partial charge is 0.376 e. The zero-order valence-electron chi connectivity index (χ0n) is 20.0. The van der Waals surface area contributed by atoms with Crippen LogP contribution < -0.4 is 5.32 Å². The first-order chi connectivity index (χ1) is 16.7. The molecule has 186 valence electrons. The van der Waals surface area contributed by atoms with Crippen molar-refractivity contribution in [3.05, 3.63) is 50.8 Å². The molecule has 0 spiro atoms. The lowest BCUT2D eigenvalue weighted by Gasteiger charge is -2.29. The fourth-order valence-corrected chi connectivity index (χ4v) is 5.30. The van der Waals surface area contributed by atoms with Crippen LogP contribution in [0.2, 0.25) is 0 Å². The molecule has 1 N–H and O–H groups in total. The third-order valence-electron chi connectivity index (χ3n) is 6.98. The number of nitro groups is 1. The van der Waals surface area contributed by atoms with Crippen molar-refractivity contribution in [3.63, 3.8) is 0 Å².